The molecule has 0 saturated carbocycles. The number of ether oxygens (including phenoxy) is 5. The molecule has 0 amide bonds. The topological polar surface area (TPSA) is 61.4 Å². The summed E-state index contributed by atoms with van der Waals surface area (Å²) in [5, 5.41) is 3.52. The zero-order valence-electron chi connectivity index (χ0n) is 24.5. The molecule has 1 N–H and O–H groups in total. The zero-order valence-corrected chi connectivity index (χ0v) is 24.5. The van der Waals surface area contributed by atoms with E-state index in [1.54, 1.807) is 7.11 Å². The van der Waals surface area contributed by atoms with Crippen molar-refractivity contribution in [2.24, 2.45) is 0 Å². The SMILES string of the molecule is COCCCN1CCOc2ccc(CO[C@H]3CNCC[C@@H]3c3ccc(OCCCOc4cccc(C)c4)cc3)cc21. The molecule has 3 aromatic rings. The van der Waals surface area contributed by atoms with Crippen LogP contribution in [0.15, 0.2) is 66.7 Å². The Hall–Kier alpha value is -3.26. The molecular weight excluding hydrogens is 516 g/mol. The summed E-state index contributed by atoms with van der Waals surface area (Å²) in [5.74, 6) is 3.10. The third kappa shape index (κ3) is 8.38. The molecule has 2 atom stereocenters. The lowest BCUT2D eigenvalue weighted by Crippen LogP contribution is -2.41. The molecule has 0 aromatic heterocycles. The maximum atomic E-state index is 6.54. The van der Waals surface area contributed by atoms with E-state index in [1.165, 1.54) is 16.7 Å². The number of nitrogens with one attached hydrogen (secondary N) is 1. The molecule has 41 heavy (non-hydrogen) atoms. The van der Waals surface area contributed by atoms with Crippen LogP contribution in [0.25, 0.3) is 0 Å². The van der Waals surface area contributed by atoms with Crippen molar-refractivity contribution in [1.82, 2.24) is 5.32 Å². The van der Waals surface area contributed by atoms with E-state index >= 15 is 0 Å². The number of fused-ring (bicyclic) bond motifs is 1. The van der Waals surface area contributed by atoms with Crippen LogP contribution in [0.4, 0.5) is 5.69 Å². The predicted molar refractivity (Wildman–Crippen MR) is 163 cm³/mol. The molecule has 7 heteroatoms. The van der Waals surface area contributed by atoms with Gasteiger partial charge < -0.3 is 33.9 Å². The number of hydrogen-bond acceptors (Lipinski definition) is 7. The van der Waals surface area contributed by atoms with Crippen molar-refractivity contribution in [1.29, 1.82) is 0 Å². The predicted octanol–water partition coefficient (Wildman–Crippen LogP) is 5.74. The van der Waals surface area contributed by atoms with E-state index in [9.17, 15) is 0 Å². The Labute approximate surface area is 244 Å². The second kappa shape index (κ2) is 15.1. The highest BCUT2D eigenvalue weighted by Crippen LogP contribution is 2.34. The number of hydrogen-bond donors (Lipinski definition) is 1. The zero-order chi connectivity index (χ0) is 28.3. The average Bonchev–Trinajstić information content (AvgIpc) is 3.01. The lowest BCUT2D eigenvalue weighted by molar-refractivity contribution is 0.0106. The second-order valence-electron chi connectivity index (χ2n) is 10.9. The largest absolute Gasteiger partial charge is 0.493 e. The van der Waals surface area contributed by atoms with Crippen LogP contribution in [0, 0.1) is 6.92 Å². The van der Waals surface area contributed by atoms with Gasteiger partial charge in [-0.25, -0.2) is 0 Å². The van der Waals surface area contributed by atoms with Crippen LogP contribution in [-0.2, 0) is 16.1 Å². The van der Waals surface area contributed by atoms with Crippen LogP contribution in [0.3, 0.4) is 0 Å². The Morgan fingerprint density at radius 3 is 2.61 bits per heavy atom. The summed E-state index contributed by atoms with van der Waals surface area (Å²) in [6, 6.07) is 23.1. The van der Waals surface area contributed by atoms with Crippen LogP contribution in [0.1, 0.15) is 41.9 Å². The highest BCUT2D eigenvalue weighted by atomic mass is 16.5. The van der Waals surface area contributed by atoms with Crippen LogP contribution in [-0.4, -0.2) is 65.8 Å². The molecule has 0 bridgehead atoms. The van der Waals surface area contributed by atoms with Crippen molar-refractivity contribution in [2.45, 2.75) is 44.8 Å². The Kier molecular flexibility index (Phi) is 10.8. The first-order valence-corrected chi connectivity index (χ1v) is 14.9. The summed E-state index contributed by atoms with van der Waals surface area (Å²) in [5.41, 5.74) is 4.83. The van der Waals surface area contributed by atoms with E-state index in [2.05, 4.69) is 71.7 Å². The third-order valence-corrected chi connectivity index (χ3v) is 7.77. The summed E-state index contributed by atoms with van der Waals surface area (Å²) in [6.45, 7) is 9.10. The van der Waals surface area contributed by atoms with Gasteiger partial charge in [-0.05, 0) is 79.4 Å². The molecule has 5 rings (SSSR count). The number of rotatable bonds is 14. The molecule has 2 aliphatic rings. The summed E-state index contributed by atoms with van der Waals surface area (Å²) < 4.78 is 29.5. The van der Waals surface area contributed by atoms with Crippen LogP contribution in [0.5, 0.6) is 17.2 Å². The van der Waals surface area contributed by atoms with E-state index in [1.807, 2.05) is 12.1 Å². The number of methoxy groups -OCH3 is 1. The second-order valence-corrected chi connectivity index (χ2v) is 10.9. The molecule has 1 fully saturated rings. The van der Waals surface area contributed by atoms with Crippen molar-refractivity contribution in [3.05, 3.63) is 83.4 Å². The fourth-order valence-electron chi connectivity index (χ4n) is 5.59. The minimum Gasteiger partial charge on any atom is -0.493 e. The van der Waals surface area contributed by atoms with Gasteiger partial charge >= 0.3 is 0 Å². The van der Waals surface area contributed by atoms with Gasteiger partial charge in [-0.2, -0.15) is 0 Å². The Balaban J connectivity index is 1.11. The number of aryl methyl sites for hydroxylation is 1. The molecule has 0 radical (unpaired) electrons. The first-order valence-electron chi connectivity index (χ1n) is 14.9. The maximum Gasteiger partial charge on any atom is 0.142 e. The summed E-state index contributed by atoms with van der Waals surface area (Å²) >= 11 is 0. The van der Waals surface area contributed by atoms with Crippen LogP contribution in [0.2, 0.25) is 0 Å². The van der Waals surface area contributed by atoms with E-state index in [-0.39, 0.29) is 6.10 Å². The average molecular weight is 561 g/mol. The van der Waals surface area contributed by atoms with E-state index in [0.717, 1.165) is 81.6 Å². The number of nitrogens with zero attached hydrogens (tertiary/aromatic N) is 1. The highest BCUT2D eigenvalue weighted by molar-refractivity contribution is 5.61. The molecule has 1 saturated heterocycles. The normalized spacial score (nSPS) is 18.4. The molecule has 2 aliphatic heterocycles. The van der Waals surface area contributed by atoms with Crippen molar-refractivity contribution in [3.8, 4) is 17.2 Å². The molecular formula is C34H44N2O5. The van der Waals surface area contributed by atoms with Crippen LogP contribution < -0.4 is 24.4 Å². The first-order chi connectivity index (χ1) is 20.2. The summed E-state index contributed by atoms with van der Waals surface area (Å²) in [6.07, 6.45) is 2.99. The standard InChI is InChI=1S/C34H44N2O5/c1-26-6-3-7-30(22-26)39-20-5-19-38-29-11-9-28(10-12-29)31-14-15-35-24-34(31)41-25-27-8-13-33-32(23-27)36(17-21-40-33)16-4-18-37-2/h3,6-13,22-23,31,34-35H,4-5,14-21,24-25H2,1-2H3/t31-,34+/m1/s1. The monoisotopic (exact) mass is 560 g/mol. The number of anilines is 1. The first kappa shape index (κ1) is 29.2. The fourth-order valence-corrected chi connectivity index (χ4v) is 5.59. The van der Waals surface area contributed by atoms with Gasteiger partial charge in [-0.3, -0.25) is 0 Å². The Bertz CT molecular complexity index is 1220. The van der Waals surface area contributed by atoms with Gasteiger partial charge in [0.15, 0.2) is 0 Å². The van der Waals surface area contributed by atoms with E-state index in [4.69, 9.17) is 23.7 Å². The van der Waals surface area contributed by atoms with Crippen LogP contribution >= 0.6 is 0 Å². The van der Waals surface area contributed by atoms with E-state index in [0.29, 0.717) is 25.7 Å². The maximum absolute atomic E-state index is 6.54. The van der Waals surface area contributed by atoms with Gasteiger partial charge in [-0.15, -0.1) is 0 Å². The Morgan fingerprint density at radius 1 is 0.927 bits per heavy atom. The molecule has 0 spiro atoms. The molecule has 220 valence electrons. The van der Waals surface area contributed by atoms with Crippen molar-refractivity contribution < 1.29 is 23.7 Å². The van der Waals surface area contributed by atoms with E-state index < -0.39 is 0 Å². The number of benzene rings is 3. The van der Waals surface area contributed by atoms with Gasteiger partial charge in [0.2, 0.25) is 0 Å². The molecule has 7 nitrogen and oxygen atoms in total. The third-order valence-electron chi connectivity index (χ3n) is 7.77. The number of piperidine rings is 1. The molecule has 2 heterocycles. The quantitative estimate of drug-likeness (QED) is 0.252. The van der Waals surface area contributed by atoms with Crippen molar-refractivity contribution in [2.75, 3.05) is 64.6 Å². The smallest absolute Gasteiger partial charge is 0.142 e. The van der Waals surface area contributed by atoms with Crippen molar-refractivity contribution in [3.63, 3.8) is 0 Å². The molecule has 0 aliphatic carbocycles. The van der Waals surface area contributed by atoms with Crippen molar-refractivity contribution >= 4 is 5.69 Å². The molecule has 3 aromatic carbocycles. The Morgan fingerprint density at radius 2 is 1.78 bits per heavy atom. The lowest BCUT2D eigenvalue weighted by Gasteiger charge is -2.33. The minimum atomic E-state index is 0.111. The van der Waals surface area contributed by atoms with Gasteiger partial charge in [-0.1, -0.05) is 30.3 Å². The fraction of sp³-hybridized carbons (Fsp3) is 0.471. The van der Waals surface area contributed by atoms with Gasteiger partial charge in [0.05, 0.1) is 38.2 Å². The molecule has 0 unspecified atom stereocenters. The van der Waals surface area contributed by atoms with Gasteiger partial charge in [0, 0.05) is 39.1 Å². The highest BCUT2D eigenvalue weighted by Gasteiger charge is 2.27. The summed E-state index contributed by atoms with van der Waals surface area (Å²) in [4.78, 5) is 2.40. The lowest BCUT2D eigenvalue weighted by atomic mass is 9.87. The summed E-state index contributed by atoms with van der Waals surface area (Å²) in [7, 11) is 1.75. The van der Waals surface area contributed by atoms with Gasteiger partial charge in [0.1, 0.15) is 23.9 Å². The van der Waals surface area contributed by atoms with Gasteiger partial charge in [0.25, 0.3) is 0 Å². The minimum absolute atomic E-state index is 0.111.